The van der Waals surface area contributed by atoms with E-state index >= 15 is 0 Å². The fourth-order valence-corrected chi connectivity index (χ4v) is 3.19. The Kier molecular flexibility index (Phi) is 4.84. The number of ether oxygens (including phenoxy) is 1. The molecular weight excluding hydrogens is 332 g/mol. The third kappa shape index (κ3) is 3.77. The van der Waals surface area contributed by atoms with Crippen LogP contribution in [-0.4, -0.2) is 43.1 Å². The summed E-state index contributed by atoms with van der Waals surface area (Å²) in [5.41, 5.74) is 2.48. The van der Waals surface area contributed by atoms with Crippen molar-refractivity contribution in [2.75, 3.05) is 24.7 Å². The highest BCUT2D eigenvalue weighted by Gasteiger charge is 2.26. The number of morpholine rings is 1. The summed E-state index contributed by atoms with van der Waals surface area (Å²) in [7, 11) is 0. The molecule has 0 spiro atoms. The zero-order valence-corrected chi connectivity index (χ0v) is 14.0. The maximum absolute atomic E-state index is 9.30. The molecule has 0 aromatic heterocycles. The number of hydrogen-bond acceptors (Lipinski definition) is 4. The summed E-state index contributed by atoms with van der Waals surface area (Å²) in [5, 5.41) is 12.8. The van der Waals surface area contributed by atoms with Gasteiger partial charge >= 0.3 is 0 Å². The summed E-state index contributed by atoms with van der Waals surface area (Å²) in [4.78, 5) is 2.31. The maximum Gasteiger partial charge on any atom is 0.0981 e. The van der Waals surface area contributed by atoms with Crippen LogP contribution in [0.4, 0.5) is 5.69 Å². The van der Waals surface area contributed by atoms with Gasteiger partial charge in [0.25, 0.3) is 0 Å². The lowest BCUT2D eigenvalue weighted by Crippen LogP contribution is -2.49. The lowest BCUT2D eigenvalue weighted by atomic mass is 10.1. The summed E-state index contributed by atoms with van der Waals surface area (Å²) in [6, 6.07) is 7.59. The van der Waals surface area contributed by atoms with Gasteiger partial charge in [-0.2, -0.15) is 0 Å². The molecule has 21 heavy (non-hydrogen) atoms. The van der Waals surface area contributed by atoms with E-state index < -0.39 is 0 Å². The van der Waals surface area contributed by atoms with Gasteiger partial charge in [-0.1, -0.05) is 22.0 Å². The first-order valence-corrected chi connectivity index (χ1v) is 8.47. The van der Waals surface area contributed by atoms with Crippen molar-refractivity contribution in [2.24, 2.45) is 0 Å². The average Bonchev–Trinajstić information content (AvgIpc) is 3.31. The first-order chi connectivity index (χ1) is 10.2. The smallest absolute Gasteiger partial charge is 0.0981 e. The number of halogens is 1. The minimum atomic E-state index is -0.0869. The molecule has 116 valence electrons. The molecule has 1 aromatic rings. The third-order valence-corrected chi connectivity index (χ3v) is 4.97. The Bertz CT molecular complexity index is 493. The molecule has 1 saturated carbocycles. The van der Waals surface area contributed by atoms with E-state index in [2.05, 4.69) is 51.3 Å². The molecule has 1 aromatic carbocycles. The van der Waals surface area contributed by atoms with Crippen molar-refractivity contribution < 1.29 is 9.84 Å². The molecule has 2 fully saturated rings. The van der Waals surface area contributed by atoms with Crippen LogP contribution in [0.15, 0.2) is 22.7 Å². The number of hydrogen-bond donors (Lipinski definition) is 2. The number of benzene rings is 1. The molecule has 2 atom stereocenters. The van der Waals surface area contributed by atoms with E-state index in [4.69, 9.17) is 4.74 Å². The van der Waals surface area contributed by atoms with Crippen LogP contribution in [0.5, 0.6) is 0 Å². The van der Waals surface area contributed by atoms with Crippen LogP contribution < -0.4 is 10.2 Å². The van der Waals surface area contributed by atoms with Gasteiger partial charge in [-0.05, 0) is 37.5 Å². The van der Waals surface area contributed by atoms with Crippen molar-refractivity contribution in [2.45, 2.75) is 44.5 Å². The van der Waals surface area contributed by atoms with Crippen LogP contribution >= 0.6 is 15.9 Å². The molecule has 0 amide bonds. The van der Waals surface area contributed by atoms with Gasteiger partial charge in [0.05, 0.1) is 19.3 Å². The molecule has 1 heterocycles. The molecule has 1 saturated heterocycles. The van der Waals surface area contributed by atoms with E-state index in [1.54, 1.807) is 0 Å². The van der Waals surface area contributed by atoms with Crippen molar-refractivity contribution in [1.82, 2.24) is 5.32 Å². The van der Waals surface area contributed by atoms with Gasteiger partial charge < -0.3 is 20.1 Å². The lowest BCUT2D eigenvalue weighted by molar-refractivity contribution is -0.0103. The zero-order chi connectivity index (χ0) is 14.8. The van der Waals surface area contributed by atoms with Crippen LogP contribution in [0.25, 0.3) is 0 Å². The van der Waals surface area contributed by atoms with E-state index in [0.717, 1.165) is 23.6 Å². The van der Waals surface area contributed by atoms with E-state index in [1.165, 1.54) is 24.1 Å². The Balaban J connectivity index is 1.70. The summed E-state index contributed by atoms with van der Waals surface area (Å²) < 4.78 is 6.75. The number of rotatable bonds is 5. The van der Waals surface area contributed by atoms with Gasteiger partial charge in [0.15, 0.2) is 0 Å². The molecule has 0 radical (unpaired) electrons. The second-order valence-electron chi connectivity index (χ2n) is 6.07. The second-order valence-corrected chi connectivity index (χ2v) is 6.92. The molecular formula is C16H23BrN2O2. The first-order valence-electron chi connectivity index (χ1n) is 7.68. The second kappa shape index (κ2) is 6.65. The molecule has 2 N–H and O–H groups in total. The highest BCUT2D eigenvalue weighted by molar-refractivity contribution is 9.10. The number of nitrogens with zero attached hydrogens (tertiary/aromatic N) is 1. The fraction of sp³-hybridized carbons (Fsp3) is 0.625. The van der Waals surface area contributed by atoms with Gasteiger partial charge in [0.2, 0.25) is 0 Å². The predicted molar refractivity (Wildman–Crippen MR) is 87.6 cm³/mol. The van der Waals surface area contributed by atoms with Gasteiger partial charge in [-0.3, -0.25) is 0 Å². The monoisotopic (exact) mass is 354 g/mol. The minimum absolute atomic E-state index is 0.0772. The first kappa shape index (κ1) is 15.3. The Labute approximate surface area is 134 Å². The Morgan fingerprint density at radius 2 is 2.24 bits per heavy atom. The van der Waals surface area contributed by atoms with E-state index in [9.17, 15) is 5.11 Å². The van der Waals surface area contributed by atoms with Crippen molar-refractivity contribution in [3.8, 4) is 0 Å². The van der Waals surface area contributed by atoms with Crippen LogP contribution in [0.2, 0.25) is 0 Å². The van der Waals surface area contributed by atoms with E-state index in [0.29, 0.717) is 12.6 Å². The summed E-state index contributed by atoms with van der Waals surface area (Å²) in [6.07, 6.45) is 2.53. The van der Waals surface area contributed by atoms with Gasteiger partial charge in [0.1, 0.15) is 0 Å². The Morgan fingerprint density at radius 3 is 2.90 bits per heavy atom. The summed E-state index contributed by atoms with van der Waals surface area (Å²) in [5.74, 6) is 0. The van der Waals surface area contributed by atoms with Crippen LogP contribution in [-0.2, 0) is 11.3 Å². The highest BCUT2D eigenvalue weighted by atomic mass is 79.9. The van der Waals surface area contributed by atoms with Crippen LogP contribution in [0.1, 0.15) is 25.3 Å². The highest BCUT2D eigenvalue weighted by Crippen LogP contribution is 2.28. The fourth-order valence-electron chi connectivity index (χ4n) is 2.69. The molecule has 5 heteroatoms. The summed E-state index contributed by atoms with van der Waals surface area (Å²) in [6.45, 7) is 4.55. The van der Waals surface area contributed by atoms with Crippen molar-refractivity contribution in [3.05, 3.63) is 28.2 Å². The molecule has 1 aliphatic carbocycles. The normalized spacial score (nSPS) is 26.1. The molecule has 3 rings (SSSR count). The average molecular weight is 355 g/mol. The van der Waals surface area contributed by atoms with E-state index in [1.807, 2.05) is 0 Å². The Hall–Kier alpha value is -0.620. The van der Waals surface area contributed by atoms with Crippen LogP contribution in [0.3, 0.4) is 0 Å². The van der Waals surface area contributed by atoms with Gasteiger partial charge in [-0.25, -0.2) is 0 Å². The Morgan fingerprint density at radius 1 is 1.43 bits per heavy atom. The maximum atomic E-state index is 9.30. The topological polar surface area (TPSA) is 44.7 Å². The molecule has 1 aliphatic heterocycles. The van der Waals surface area contributed by atoms with Gasteiger partial charge in [0, 0.05) is 35.3 Å². The predicted octanol–water partition coefficient (Wildman–Crippen LogP) is 2.29. The number of nitrogens with one attached hydrogen (secondary N) is 1. The SMILES string of the molecule is CC1COC(CO)CN1c1ccc(CNC2CC2)c(Br)c1. The van der Waals surface area contributed by atoms with Crippen molar-refractivity contribution in [3.63, 3.8) is 0 Å². The summed E-state index contributed by atoms with van der Waals surface area (Å²) >= 11 is 3.69. The molecule has 2 aliphatic rings. The van der Waals surface area contributed by atoms with Crippen molar-refractivity contribution >= 4 is 21.6 Å². The number of aliphatic hydroxyl groups excluding tert-OH is 1. The molecule has 2 unspecified atom stereocenters. The quantitative estimate of drug-likeness (QED) is 0.851. The zero-order valence-electron chi connectivity index (χ0n) is 12.4. The van der Waals surface area contributed by atoms with Crippen LogP contribution in [0, 0.1) is 0 Å². The largest absolute Gasteiger partial charge is 0.394 e. The molecule has 0 bridgehead atoms. The number of anilines is 1. The lowest BCUT2D eigenvalue weighted by Gasteiger charge is -2.39. The minimum Gasteiger partial charge on any atom is -0.394 e. The third-order valence-electron chi connectivity index (χ3n) is 4.24. The van der Waals surface area contributed by atoms with E-state index in [-0.39, 0.29) is 12.7 Å². The number of aliphatic hydroxyl groups is 1. The molecule has 4 nitrogen and oxygen atoms in total. The van der Waals surface area contributed by atoms with Gasteiger partial charge in [-0.15, -0.1) is 0 Å². The standard InChI is InChI=1S/C16H23BrN2O2/c1-11-10-21-15(9-20)8-19(11)14-5-2-12(16(17)6-14)7-18-13-3-4-13/h2,5-6,11,13,15,18,20H,3-4,7-10H2,1H3. The van der Waals surface area contributed by atoms with Crippen molar-refractivity contribution in [1.29, 1.82) is 0 Å².